The van der Waals surface area contributed by atoms with Crippen LogP contribution in [0.5, 0.6) is 0 Å². The zero-order chi connectivity index (χ0) is 9.61. The van der Waals surface area contributed by atoms with E-state index in [4.69, 9.17) is 0 Å². The van der Waals surface area contributed by atoms with Gasteiger partial charge >= 0.3 is 0 Å². The normalized spacial score (nSPS) is 11.2. The smallest absolute Gasteiger partial charge is 0.138 e. The molecule has 1 nitrogen and oxygen atoms in total. The molecule has 0 saturated carbocycles. The maximum atomic E-state index is 11.6. The molecule has 0 aromatic rings. The fourth-order valence-corrected chi connectivity index (χ4v) is 1.15. The summed E-state index contributed by atoms with van der Waals surface area (Å²) in [5.74, 6) is 0.365. The van der Waals surface area contributed by atoms with Crippen LogP contribution in [0, 0.1) is 5.41 Å². The molecule has 0 aliphatic carbocycles. The molecule has 0 atom stereocenters. The summed E-state index contributed by atoms with van der Waals surface area (Å²) in [4.78, 5) is 11.6. The number of unbranched alkanes of at least 4 members (excludes halogenated alkanes) is 1. The first-order chi connectivity index (χ1) is 5.54. The Labute approximate surface area is 75.9 Å². The van der Waals surface area contributed by atoms with Gasteiger partial charge < -0.3 is 0 Å². The average molecular weight is 168 g/mol. The Morgan fingerprint density at radius 3 is 2.50 bits per heavy atom. The average Bonchev–Trinajstić information content (AvgIpc) is 2.00. The van der Waals surface area contributed by atoms with Crippen LogP contribution in [0.15, 0.2) is 12.7 Å². The molecule has 0 heterocycles. The molecule has 0 amide bonds. The molecule has 0 unspecified atom stereocenters. The molecule has 0 aromatic heterocycles. The van der Waals surface area contributed by atoms with Gasteiger partial charge in [0.15, 0.2) is 0 Å². The lowest BCUT2D eigenvalue weighted by molar-refractivity contribution is -0.127. The summed E-state index contributed by atoms with van der Waals surface area (Å²) in [5, 5.41) is 0. The van der Waals surface area contributed by atoms with Crippen LogP contribution in [0.25, 0.3) is 0 Å². The van der Waals surface area contributed by atoms with Gasteiger partial charge in [-0.25, -0.2) is 0 Å². The molecule has 70 valence electrons. The third-order valence-electron chi connectivity index (χ3n) is 2.17. The van der Waals surface area contributed by atoms with E-state index < -0.39 is 0 Å². The molecular formula is C11H20O. The molecule has 0 aliphatic rings. The molecular weight excluding hydrogens is 148 g/mol. The van der Waals surface area contributed by atoms with Gasteiger partial charge in [0.2, 0.25) is 0 Å². The monoisotopic (exact) mass is 168 g/mol. The molecule has 0 radical (unpaired) electrons. The van der Waals surface area contributed by atoms with E-state index in [-0.39, 0.29) is 5.41 Å². The third-order valence-corrected chi connectivity index (χ3v) is 2.17. The predicted octanol–water partition coefficient (Wildman–Crippen LogP) is 3.35. The molecule has 0 bridgehead atoms. The fourth-order valence-electron chi connectivity index (χ4n) is 1.15. The molecule has 0 aromatic carbocycles. The molecule has 12 heavy (non-hydrogen) atoms. The molecule has 0 fully saturated rings. The van der Waals surface area contributed by atoms with Crippen molar-refractivity contribution in [1.29, 1.82) is 0 Å². The van der Waals surface area contributed by atoms with Crippen LogP contribution in [-0.2, 0) is 4.79 Å². The number of Topliss-reactive ketones (excluding diaryl/α,β-unsaturated/α-hetero) is 1. The van der Waals surface area contributed by atoms with E-state index in [0.717, 1.165) is 25.7 Å². The third kappa shape index (κ3) is 3.70. The van der Waals surface area contributed by atoms with Crippen molar-refractivity contribution in [3.63, 3.8) is 0 Å². The molecule has 0 N–H and O–H groups in total. The summed E-state index contributed by atoms with van der Waals surface area (Å²) in [5.41, 5.74) is -0.197. The van der Waals surface area contributed by atoms with Crippen molar-refractivity contribution < 1.29 is 4.79 Å². The van der Waals surface area contributed by atoms with E-state index >= 15 is 0 Å². The Morgan fingerprint density at radius 1 is 1.50 bits per heavy atom. The Kier molecular flexibility index (Phi) is 4.87. The first kappa shape index (κ1) is 11.4. The van der Waals surface area contributed by atoms with Gasteiger partial charge in [-0.15, -0.1) is 6.58 Å². The maximum absolute atomic E-state index is 11.6. The van der Waals surface area contributed by atoms with Crippen molar-refractivity contribution in [3.05, 3.63) is 12.7 Å². The van der Waals surface area contributed by atoms with Gasteiger partial charge in [-0.2, -0.15) is 0 Å². The highest BCUT2D eigenvalue weighted by Gasteiger charge is 2.24. The highest BCUT2D eigenvalue weighted by molar-refractivity contribution is 5.84. The largest absolute Gasteiger partial charge is 0.299 e. The second kappa shape index (κ2) is 5.13. The van der Waals surface area contributed by atoms with Crippen molar-refractivity contribution in [1.82, 2.24) is 0 Å². The summed E-state index contributed by atoms with van der Waals surface area (Å²) in [6.45, 7) is 9.75. The van der Waals surface area contributed by atoms with Gasteiger partial charge in [-0.05, 0) is 12.8 Å². The number of ketones is 1. The van der Waals surface area contributed by atoms with Crippen molar-refractivity contribution >= 4 is 5.78 Å². The fraction of sp³-hybridized carbons (Fsp3) is 0.727. The van der Waals surface area contributed by atoms with Crippen LogP contribution in [0.1, 0.15) is 46.5 Å². The standard InChI is InChI=1S/C11H20O/c1-5-7-8-10(12)11(3,4)9-6-2/h6H,2,5,7-9H2,1,3-4H3. The lowest BCUT2D eigenvalue weighted by Gasteiger charge is -2.20. The van der Waals surface area contributed by atoms with Crippen LogP contribution in [0.3, 0.4) is 0 Å². The minimum atomic E-state index is -0.197. The van der Waals surface area contributed by atoms with E-state index in [1.54, 1.807) is 0 Å². The first-order valence-electron chi connectivity index (χ1n) is 4.68. The number of rotatable bonds is 6. The van der Waals surface area contributed by atoms with Gasteiger partial charge in [-0.1, -0.05) is 33.3 Å². The van der Waals surface area contributed by atoms with Crippen molar-refractivity contribution in [2.24, 2.45) is 5.41 Å². The van der Waals surface area contributed by atoms with Crippen LogP contribution in [0.4, 0.5) is 0 Å². The van der Waals surface area contributed by atoms with Gasteiger partial charge in [-0.3, -0.25) is 4.79 Å². The van der Waals surface area contributed by atoms with E-state index in [1.807, 2.05) is 19.9 Å². The molecule has 0 aliphatic heterocycles. The SMILES string of the molecule is C=CCC(C)(C)C(=O)CCCC. The van der Waals surface area contributed by atoms with Gasteiger partial charge in [0.1, 0.15) is 5.78 Å². The topological polar surface area (TPSA) is 17.1 Å². The van der Waals surface area contributed by atoms with Crippen LogP contribution < -0.4 is 0 Å². The Hall–Kier alpha value is -0.590. The quantitative estimate of drug-likeness (QED) is 0.556. The van der Waals surface area contributed by atoms with Crippen LogP contribution in [-0.4, -0.2) is 5.78 Å². The molecule has 0 saturated heterocycles. The maximum Gasteiger partial charge on any atom is 0.138 e. The Morgan fingerprint density at radius 2 is 2.08 bits per heavy atom. The van der Waals surface area contributed by atoms with Crippen LogP contribution in [0.2, 0.25) is 0 Å². The number of carbonyl (C=O) groups excluding carboxylic acids is 1. The number of hydrogen-bond acceptors (Lipinski definition) is 1. The zero-order valence-corrected chi connectivity index (χ0v) is 8.52. The minimum Gasteiger partial charge on any atom is -0.299 e. The number of allylic oxidation sites excluding steroid dienone is 1. The van der Waals surface area contributed by atoms with E-state index in [1.165, 1.54) is 0 Å². The summed E-state index contributed by atoms with van der Waals surface area (Å²) in [7, 11) is 0. The van der Waals surface area contributed by atoms with Crippen molar-refractivity contribution in [3.8, 4) is 0 Å². The summed E-state index contributed by atoms with van der Waals surface area (Å²) in [6.07, 6.45) is 5.44. The summed E-state index contributed by atoms with van der Waals surface area (Å²) in [6, 6.07) is 0. The Bertz CT molecular complexity index is 156. The second-order valence-electron chi connectivity index (χ2n) is 3.90. The molecule has 0 spiro atoms. The van der Waals surface area contributed by atoms with Crippen LogP contribution >= 0.6 is 0 Å². The summed E-state index contributed by atoms with van der Waals surface area (Å²) >= 11 is 0. The van der Waals surface area contributed by atoms with Gasteiger partial charge in [0.25, 0.3) is 0 Å². The van der Waals surface area contributed by atoms with Gasteiger partial charge in [0, 0.05) is 11.8 Å². The van der Waals surface area contributed by atoms with E-state index in [2.05, 4.69) is 13.5 Å². The summed E-state index contributed by atoms with van der Waals surface area (Å²) < 4.78 is 0. The highest BCUT2D eigenvalue weighted by Crippen LogP contribution is 2.24. The first-order valence-corrected chi connectivity index (χ1v) is 4.68. The number of carbonyl (C=O) groups is 1. The Balaban J connectivity index is 3.96. The zero-order valence-electron chi connectivity index (χ0n) is 8.52. The highest BCUT2D eigenvalue weighted by atomic mass is 16.1. The van der Waals surface area contributed by atoms with E-state index in [0.29, 0.717) is 5.78 Å². The molecule has 1 heteroatoms. The predicted molar refractivity (Wildman–Crippen MR) is 53.1 cm³/mol. The van der Waals surface area contributed by atoms with Crippen molar-refractivity contribution in [2.75, 3.05) is 0 Å². The minimum absolute atomic E-state index is 0.197. The lowest BCUT2D eigenvalue weighted by atomic mass is 9.82. The molecule has 0 rings (SSSR count). The number of hydrogen-bond donors (Lipinski definition) is 0. The second-order valence-corrected chi connectivity index (χ2v) is 3.90. The van der Waals surface area contributed by atoms with Gasteiger partial charge in [0.05, 0.1) is 0 Å². The van der Waals surface area contributed by atoms with E-state index in [9.17, 15) is 4.79 Å². The van der Waals surface area contributed by atoms with Crippen molar-refractivity contribution in [2.45, 2.75) is 46.5 Å². The lowest BCUT2D eigenvalue weighted by Crippen LogP contribution is -2.23.